The molecule has 0 spiro atoms. The number of pyridine rings is 1. The van der Waals surface area contributed by atoms with Gasteiger partial charge in [-0.05, 0) is 72.9 Å². The van der Waals surface area contributed by atoms with Crippen molar-refractivity contribution < 1.29 is 23.0 Å². The third-order valence-electron chi connectivity index (χ3n) is 5.61. The number of unbranched alkanes of at least 4 members (excludes halogenated alkanes) is 1. The van der Waals surface area contributed by atoms with Crippen LogP contribution in [-0.2, 0) is 12.6 Å². The summed E-state index contributed by atoms with van der Waals surface area (Å²) in [6.07, 6.45) is 3.60. The van der Waals surface area contributed by atoms with Crippen LogP contribution in [0.4, 0.5) is 13.2 Å². The highest BCUT2D eigenvalue weighted by Crippen LogP contribution is 2.33. The van der Waals surface area contributed by atoms with Gasteiger partial charge in [0, 0.05) is 5.56 Å². The Morgan fingerprint density at radius 1 is 1.11 bits per heavy atom. The van der Waals surface area contributed by atoms with Crippen LogP contribution in [0.5, 0.6) is 5.75 Å². The zero-order chi connectivity index (χ0) is 26.1. The molecule has 1 unspecified atom stereocenters. The maximum atomic E-state index is 13.0. The van der Waals surface area contributed by atoms with Gasteiger partial charge in [-0.3, -0.25) is 0 Å². The standard InChI is InChI=1S/C30H30F3NO2/c1-4-6-11-29(36-28-19-14-22(13-12-21(3)35)20-24(28)8-5-2)27-10-7-9-26(34-27)23-15-17-25(18-16-23)30(31,32)33/h5,7,9-10,12-20,29,35H,2-4,6,8,11H2,1H3/b13-12+. The van der Waals surface area contributed by atoms with Gasteiger partial charge >= 0.3 is 6.18 Å². The molecule has 0 radical (unpaired) electrons. The van der Waals surface area contributed by atoms with Crippen LogP contribution in [0.3, 0.4) is 0 Å². The molecular weight excluding hydrogens is 463 g/mol. The Morgan fingerprint density at radius 3 is 2.50 bits per heavy atom. The largest absolute Gasteiger partial charge is 0.509 e. The number of aliphatic hydroxyl groups is 1. The van der Waals surface area contributed by atoms with E-state index >= 15 is 0 Å². The lowest BCUT2D eigenvalue weighted by Gasteiger charge is -2.21. The summed E-state index contributed by atoms with van der Waals surface area (Å²) in [5.41, 5.74) is 3.04. The zero-order valence-electron chi connectivity index (χ0n) is 20.3. The maximum absolute atomic E-state index is 13.0. The van der Waals surface area contributed by atoms with Crippen LogP contribution in [0.2, 0.25) is 0 Å². The Kier molecular flexibility index (Phi) is 9.12. The van der Waals surface area contributed by atoms with Crippen molar-refractivity contribution in [2.75, 3.05) is 0 Å². The molecule has 6 heteroatoms. The number of nitrogens with zero attached hydrogens (tertiary/aromatic N) is 1. The number of ether oxygens (including phenoxy) is 1. The van der Waals surface area contributed by atoms with Crippen molar-refractivity contribution >= 4 is 6.08 Å². The van der Waals surface area contributed by atoms with Crippen molar-refractivity contribution in [1.29, 1.82) is 0 Å². The summed E-state index contributed by atoms with van der Waals surface area (Å²) in [6.45, 7) is 9.41. The van der Waals surface area contributed by atoms with E-state index < -0.39 is 11.7 Å². The normalized spacial score (nSPS) is 12.4. The van der Waals surface area contributed by atoms with E-state index in [9.17, 15) is 18.3 Å². The van der Waals surface area contributed by atoms with Gasteiger partial charge in [0.15, 0.2) is 0 Å². The van der Waals surface area contributed by atoms with E-state index in [4.69, 9.17) is 9.72 Å². The first-order valence-electron chi connectivity index (χ1n) is 11.8. The SMILES string of the molecule is C=CCc1cc(/C=C/C(=C)O)ccc1OC(CCCC)c1cccc(-c2ccc(C(F)(F)F)cc2)n1. The van der Waals surface area contributed by atoms with Crippen molar-refractivity contribution in [3.8, 4) is 17.0 Å². The quantitative estimate of drug-likeness (QED) is 0.165. The second-order valence-electron chi connectivity index (χ2n) is 8.46. The fourth-order valence-corrected chi connectivity index (χ4v) is 3.76. The third-order valence-corrected chi connectivity index (χ3v) is 5.61. The van der Waals surface area contributed by atoms with Crippen molar-refractivity contribution in [2.45, 2.75) is 44.9 Å². The number of hydrogen-bond donors (Lipinski definition) is 1. The van der Waals surface area contributed by atoms with Gasteiger partial charge in [-0.2, -0.15) is 13.2 Å². The number of aromatic nitrogens is 1. The maximum Gasteiger partial charge on any atom is 0.416 e. The van der Waals surface area contributed by atoms with Crippen LogP contribution in [0.15, 0.2) is 91.7 Å². The molecule has 36 heavy (non-hydrogen) atoms. The van der Waals surface area contributed by atoms with Gasteiger partial charge in [-0.25, -0.2) is 4.98 Å². The molecular formula is C30H30F3NO2. The van der Waals surface area contributed by atoms with E-state index in [2.05, 4.69) is 20.1 Å². The number of hydrogen-bond acceptors (Lipinski definition) is 3. The number of aliphatic hydroxyl groups excluding tert-OH is 1. The van der Waals surface area contributed by atoms with Crippen molar-refractivity contribution in [1.82, 2.24) is 4.98 Å². The lowest BCUT2D eigenvalue weighted by atomic mass is 10.0. The van der Waals surface area contributed by atoms with Crippen LogP contribution in [0, 0.1) is 0 Å². The summed E-state index contributed by atoms with van der Waals surface area (Å²) in [6, 6.07) is 16.3. The highest BCUT2D eigenvalue weighted by atomic mass is 19.4. The zero-order valence-corrected chi connectivity index (χ0v) is 20.3. The summed E-state index contributed by atoms with van der Waals surface area (Å²) in [7, 11) is 0. The average Bonchev–Trinajstić information content (AvgIpc) is 2.86. The summed E-state index contributed by atoms with van der Waals surface area (Å²) >= 11 is 0. The lowest BCUT2D eigenvalue weighted by Crippen LogP contribution is -2.11. The number of allylic oxidation sites excluding steroid dienone is 2. The summed E-state index contributed by atoms with van der Waals surface area (Å²) in [5.74, 6) is 0.678. The second-order valence-corrected chi connectivity index (χ2v) is 8.46. The molecule has 1 atom stereocenters. The van der Waals surface area contributed by atoms with Crippen LogP contribution in [0.25, 0.3) is 17.3 Å². The first-order chi connectivity index (χ1) is 17.2. The van der Waals surface area contributed by atoms with Crippen molar-refractivity contribution in [3.63, 3.8) is 0 Å². The predicted octanol–water partition coefficient (Wildman–Crippen LogP) is 8.89. The van der Waals surface area contributed by atoms with Crippen LogP contribution in [0.1, 0.15) is 54.7 Å². The number of alkyl halides is 3. The third kappa shape index (κ3) is 7.35. The molecule has 1 aromatic heterocycles. The molecule has 3 aromatic rings. The Morgan fingerprint density at radius 2 is 1.86 bits per heavy atom. The lowest BCUT2D eigenvalue weighted by molar-refractivity contribution is -0.137. The van der Waals surface area contributed by atoms with Gasteiger partial charge < -0.3 is 9.84 Å². The van der Waals surface area contributed by atoms with Crippen molar-refractivity contribution in [2.24, 2.45) is 0 Å². The molecule has 3 nitrogen and oxygen atoms in total. The molecule has 2 aromatic carbocycles. The van der Waals surface area contributed by atoms with Crippen LogP contribution in [-0.4, -0.2) is 10.1 Å². The van der Waals surface area contributed by atoms with Crippen LogP contribution < -0.4 is 4.74 Å². The molecule has 3 rings (SSSR count). The first-order valence-corrected chi connectivity index (χ1v) is 11.8. The summed E-state index contributed by atoms with van der Waals surface area (Å²) in [5, 5.41) is 9.34. The van der Waals surface area contributed by atoms with Gasteiger partial charge in [-0.15, -0.1) is 6.58 Å². The molecule has 0 aliphatic carbocycles. The van der Waals surface area contributed by atoms with Gasteiger partial charge in [0.1, 0.15) is 17.6 Å². The molecule has 0 fully saturated rings. The van der Waals surface area contributed by atoms with E-state index in [1.54, 1.807) is 18.2 Å². The minimum atomic E-state index is -4.38. The van der Waals surface area contributed by atoms with E-state index in [-0.39, 0.29) is 11.9 Å². The van der Waals surface area contributed by atoms with Gasteiger partial charge in [0.05, 0.1) is 17.0 Å². The van der Waals surface area contributed by atoms with E-state index in [1.165, 1.54) is 18.2 Å². The van der Waals surface area contributed by atoms with Gasteiger partial charge in [0.25, 0.3) is 0 Å². The second kappa shape index (κ2) is 12.2. The molecule has 1 N–H and O–H groups in total. The molecule has 0 bridgehead atoms. The highest BCUT2D eigenvalue weighted by Gasteiger charge is 2.30. The Bertz CT molecular complexity index is 1210. The Labute approximate surface area is 210 Å². The summed E-state index contributed by atoms with van der Waals surface area (Å²) in [4.78, 5) is 4.75. The highest BCUT2D eigenvalue weighted by molar-refractivity contribution is 5.60. The van der Waals surface area contributed by atoms with Crippen LogP contribution >= 0.6 is 0 Å². The Hall–Kier alpha value is -3.80. The molecule has 188 valence electrons. The van der Waals surface area contributed by atoms with E-state index in [0.717, 1.165) is 42.5 Å². The topological polar surface area (TPSA) is 42.4 Å². The molecule has 0 amide bonds. The van der Waals surface area contributed by atoms with E-state index in [1.807, 2.05) is 30.3 Å². The summed E-state index contributed by atoms with van der Waals surface area (Å²) < 4.78 is 45.3. The first kappa shape index (κ1) is 26.8. The van der Waals surface area contributed by atoms with Gasteiger partial charge in [-0.1, -0.05) is 56.3 Å². The fraction of sp³-hybridized carbons (Fsp3) is 0.233. The number of benzene rings is 2. The minimum Gasteiger partial charge on any atom is -0.509 e. The molecule has 1 heterocycles. The molecule has 0 saturated carbocycles. The minimum absolute atomic E-state index is 0.0285. The number of rotatable bonds is 11. The number of halogens is 3. The average molecular weight is 494 g/mol. The van der Waals surface area contributed by atoms with Crippen molar-refractivity contribution in [3.05, 3.63) is 114 Å². The van der Waals surface area contributed by atoms with Gasteiger partial charge in [0.2, 0.25) is 0 Å². The monoisotopic (exact) mass is 493 g/mol. The smallest absolute Gasteiger partial charge is 0.416 e. The predicted molar refractivity (Wildman–Crippen MR) is 139 cm³/mol. The molecule has 0 saturated heterocycles. The van der Waals surface area contributed by atoms with E-state index in [0.29, 0.717) is 29.1 Å². The molecule has 0 aliphatic rings. The molecule has 0 aliphatic heterocycles. The Balaban J connectivity index is 1.92. The fourth-order valence-electron chi connectivity index (χ4n) is 3.76.